The number of hydrogen-bond acceptors (Lipinski definition) is 4. The van der Waals surface area contributed by atoms with Gasteiger partial charge in [0.15, 0.2) is 0 Å². The summed E-state index contributed by atoms with van der Waals surface area (Å²) in [4.78, 5) is 0. The SMILES string of the molecule is CCCCCCC(CCCC(O)CCC)S(=O)(=O)[O-].[Na+]. The molecule has 0 radical (unpaired) electrons. The summed E-state index contributed by atoms with van der Waals surface area (Å²) in [5, 5.41) is 8.82. The Morgan fingerprint density at radius 3 is 2.00 bits per heavy atom. The molecule has 0 bridgehead atoms. The molecule has 0 aliphatic heterocycles. The maximum absolute atomic E-state index is 11.2. The number of hydrogen-bond donors (Lipinski definition) is 1. The molecule has 0 amide bonds. The van der Waals surface area contributed by atoms with Gasteiger partial charge in [0.05, 0.1) is 16.2 Å². The molecule has 0 saturated carbocycles. The molecule has 0 rings (SSSR count). The largest absolute Gasteiger partial charge is 1.00 e. The minimum absolute atomic E-state index is 0. The van der Waals surface area contributed by atoms with E-state index < -0.39 is 15.4 Å². The van der Waals surface area contributed by atoms with Gasteiger partial charge in [-0.15, -0.1) is 0 Å². The van der Waals surface area contributed by atoms with Gasteiger partial charge in [-0.25, -0.2) is 8.42 Å². The van der Waals surface area contributed by atoms with Gasteiger partial charge in [0.1, 0.15) is 0 Å². The number of aliphatic hydroxyl groups is 1. The summed E-state index contributed by atoms with van der Waals surface area (Å²) < 4.78 is 33.5. The van der Waals surface area contributed by atoms with Gasteiger partial charge in [-0.2, -0.15) is 0 Å². The van der Waals surface area contributed by atoms with Crippen LogP contribution in [0.25, 0.3) is 0 Å². The summed E-state index contributed by atoms with van der Waals surface area (Å²) in [7, 11) is -4.19. The zero-order valence-electron chi connectivity index (χ0n) is 13.3. The van der Waals surface area contributed by atoms with Gasteiger partial charge in [-0.1, -0.05) is 46.0 Å². The van der Waals surface area contributed by atoms with Crippen molar-refractivity contribution < 1.29 is 47.6 Å². The Morgan fingerprint density at radius 2 is 1.50 bits per heavy atom. The molecule has 0 saturated heterocycles. The van der Waals surface area contributed by atoms with Crippen LogP contribution in [0.4, 0.5) is 0 Å². The molecular formula is C14H29NaO4S. The Morgan fingerprint density at radius 1 is 0.900 bits per heavy atom. The fourth-order valence-electron chi connectivity index (χ4n) is 2.29. The van der Waals surface area contributed by atoms with Gasteiger partial charge in [0.25, 0.3) is 0 Å². The second-order valence-electron chi connectivity index (χ2n) is 5.34. The van der Waals surface area contributed by atoms with E-state index in [0.29, 0.717) is 25.7 Å². The molecule has 0 heterocycles. The molecule has 6 heteroatoms. The monoisotopic (exact) mass is 316 g/mol. The maximum Gasteiger partial charge on any atom is 1.00 e. The van der Waals surface area contributed by atoms with E-state index in [-0.39, 0.29) is 35.7 Å². The maximum atomic E-state index is 11.2. The smallest absolute Gasteiger partial charge is 0.748 e. The Kier molecular flexibility index (Phi) is 15.7. The first kappa shape index (κ1) is 23.1. The fourth-order valence-corrected chi connectivity index (χ4v) is 3.20. The molecule has 0 fully saturated rings. The summed E-state index contributed by atoms with van der Waals surface area (Å²) in [5.41, 5.74) is 0. The van der Waals surface area contributed by atoms with Crippen LogP contribution < -0.4 is 29.6 Å². The van der Waals surface area contributed by atoms with Crippen molar-refractivity contribution in [3.63, 3.8) is 0 Å². The molecule has 0 aromatic carbocycles. The van der Waals surface area contributed by atoms with Crippen LogP contribution in [-0.4, -0.2) is 29.4 Å². The van der Waals surface area contributed by atoms with E-state index >= 15 is 0 Å². The van der Waals surface area contributed by atoms with Gasteiger partial charge in [0, 0.05) is 5.25 Å². The first-order valence-electron chi connectivity index (χ1n) is 7.54. The van der Waals surface area contributed by atoms with Crippen LogP contribution in [0.3, 0.4) is 0 Å². The third-order valence-electron chi connectivity index (χ3n) is 3.47. The first-order valence-corrected chi connectivity index (χ1v) is 9.01. The summed E-state index contributed by atoms with van der Waals surface area (Å²) in [6.45, 7) is 4.10. The first-order chi connectivity index (χ1) is 8.91. The molecule has 2 atom stereocenters. The average Bonchev–Trinajstić information content (AvgIpc) is 2.31. The third kappa shape index (κ3) is 12.6. The average molecular weight is 316 g/mol. The van der Waals surface area contributed by atoms with Crippen molar-refractivity contribution in [3.8, 4) is 0 Å². The fraction of sp³-hybridized carbons (Fsp3) is 1.00. The number of rotatable bonds is 12. The van der Waals surface area contributed by atoms with Gasteiger partial charge >= 0.3 is 29.6 Å². The molecule has 0 aliphatic carbocycles. The minimum Gasteiger partial charge on any atom is -0.748 e. The minimum atomic E-state index is -4.19. The second-order valence-corrected chi connectivity index (χ2v) is 6.99. The summed E-state index contributed by atoms with van der Waals surface area (Å²) >= 11 is 0. The number of aliphatic hydroxyl groups excluding tert-OH is 1. The van der Waals surface area contributed by atoms with Gasteiger partial charge in [-0.3, -0.25) is 0 Å². The molecule has 1 N–H and O–H groups in total. The van der Waals surface area contributed by atoms with Crippen LogP contribution in [0.2, 0.25) is 0 Å². The quantitative estimate of drug-likeness (QED) is 0.317. The van der Waals surface area contributed by atoms with Crippen molar-refractivity contribution in [2.45, 2.75) is 89.4 Å². The van der Waals surface area contributed by atoms with Crippen molar-refractivity contribution in [3.05, 3.63) is 0 Å². The van der Waals surface area contributed by atoms with E-state index in [0.717, 1.165) is 38.5 Å². The molecule has 20 heavy (non-hydrogen) atoms. The summed E-state index contributed by atoms with van der Waals surface area (Å²) in [6, 6.07) is 0. The standard InChI is InChI=1S/C14H30O4S.Na/c1-3-5-6-7-11-14(19(16,17)18)12-8-10-13(15)9-4-2;/h13-15H,3-12H2,1-2H3,(H,16,17,18);/q;+1/p-1. The molecule has 0 spiro atoms. The van der Waals surface area contributed by atoms with Crippen LogP contribution in [0.5, 0.6) is 0 Å². The van der Waals surface area contributed by atoms with E-state index in [1.165, 1.54) is 0 Å². The topological polar surface area (TPSA) is 77.4 Å². The number of unbranched alkanes of at least 4 members (excludes halogenated alkanes) is 3. The molecule has 0 aliphatic rings. The van der Waals surface area contributed by atoms with Crippen LogP contribution in [0.1, 0.15) is 78.1 Å². The van der Waals surface area contributed by atoms with Crippen LogP contribution in [0, 0.1) is 0 Å². The zero-order valence-corrected chi connectivity index (χ0v) is 16.1. The van der Waals surface area contributed by atoms with Gasteiger partial charge in [-0.05, 0) is 32.1 Å². The Balaban J connectivity index is 0. The summed E-state index contributed by atoms with van der Waals surface area (Å²) in [5.74, 6) is 0. The molecule has 0 aromatic heterocycles. The van der Waals surface area contributed by atoms with E-state index in [1.807, 2.05) is 6.92 Å². The van der Waals surface area contributed by atoms with Crippen molar-refractivity contribution in [2.75, 3.05) is 0 Å². The van der Waals surface area contributed by atoms with E-state index in [9.17, 15) is 18.1 Å². The Bertz CT molecular complexity index is 306. The summed E-state index contributed by atoms with van der Waals surface area (Å²) in [6.07, 6.45) is 7.33. The van der Waals surface area contributed by atoms with E-state index in [4.69, 9.17) is 0 Å². The Hall–Kier alpha value is 0.870. The van der Waals surface area contributed by atoms with Crippen molar-refractivity contribution in [2.24, 2.45) is 0 Å². The van der Waals surface area contributed by atoms with Crippen LogP contribution >= 0.6 is 0 Å². The van der Waals surface area contributed by atoms with Crippen molar-refractivity contribution >= 4 is 10.1 Å². The molecular weight excluding hydrogens is 287 g/mol. The molecule has 2 unspecified atom stereocenters. The van der Waals surface area contributed by atoms with E-state index in [2.05, 4.69) is 6.92 Å². The van der Waals surface area contributed by atoms with Gasteiger partial charge < -0.3 is 9.66 Å². The molecule has 116 valence electrons. The van der Waals surface area contributed by atoms with Crippen molar-refractivity contribution in [1.82, 2.24) is 0 Å². The zero-order chi connectivity index (χ0) is 14.7. The van der Waals surface area contributed by atoms with Gasteiger partial charge in [0.2, 0.25) is 0 Å². The van der Waals surface area contributed by atoms with Crippen LogP contribution in [-0.2, 0) is 10.1 Å². The second kappa shape index (κ2) is 13.5. The Labute approximate surface area is 146 Å². The molecule has 4 nitrogen and oxygen atoms in total. The predicted molar refractivity (Wildman–Crippen MR) is 77.0 cm³/mol. The van der Waals surface area contributed by atoms with Crippen LogP contribution in [0.15, 0.2) is 0 Å². The molecule has 0 aromatic rings. The van der Waals surface area contributed by atoms with Crippen molar-refractivity contribution in [1.29, 1.82) is 0 Å². The normalized spacial score (nSPS) is 14.6. The van der Waals surface area contributed by atoms with E-state index in [1.54, 1.807) is 0 Å². The predicted octanol–water partition coefficient (Wildman–Crippen LogP) is 0.206. The third-order valence-corrected chi connectivity index (χ3v) is 4.76.